The molecule has 4 nitrogen and oxygen atoms in total. The molecule has 0 spiro atoms. The number of hydrogen-bond donors (Lipinski definition) is 1. The molecule has 0 atom stereocenters. The number of rotatable bonds is 5. The second kappa shape index (κ2) is 5.88. The normalized spacial score (nSPS) is 10.7. The average Bonchev–Trinajstić information content (AvgIpc) is 2.21. The van der Waals surface area contributed by atoms with Gasteiger partial charge in [0.15, 0.2) is 0 Å². The summed E-state index contributed by atoms with van der Waals surface area (Å²) in [6, 6.07) is 0.303. The van der Waals surface area contributed by atoms with Crippen molar-refractivity contribution in [3.05, 3.63) is 17.4 Å². The second-order valence-corrected chi connectivity index (χ2v) is 4.00. The molecule has 5 heteroatoms. The van der Waals surface area contributed by atoms with Crippen molar-refractivity contribution >= 4 is 17.5 Å². The maximum absolute atomic E-state index is 8.80. The molecule has 1 heterocycles. The molecule has 0 aromatic carbocycles. The SMILES string of the molecule is CC(C)N(CCCO)c1ncc(Cl)cn1. The molecule has 0 aliphatic carbocycles. The summed E-state index contributed by atoms with van der Waals surface area (Å²) in [5, 5.41) is 9.33. The van der Waals surface area contributed by atoms with E-state index < -0.39 is 0 Å². The number of hydrogen-bond acceptors (Lipinski definition) is 4. The van der Waals surface area contributed by atoms with Crippen LogP contribution in [0, 0.1) is 0 Å². The van der Waals surface area contributed by atoms with E-state index in [-0.39, 0.29) is 6.61 Å². The van der Waals surface area contributed by atoms with Gasteiger partial charge in [-0.15, -0.1) is 0 Å². The van der Waals surface area contributed by atoms with E-state index in [0.717, 1.165) is 6.54 Å². The summed E-state index contributed by atoms with van der Waals surface area (Å²) in [5.74, 6) is 0.655. The molecule has 0 aliphatic heterocycles. The lowest BCUT2D eigenvalue weighted by molar-refractivity contribution is 0.288. The Labute approximate surface area is 94.9 Å². The molecule has 15 heavy (non-hydrogen) atoms. The zero-order valence-electron chi connectivity index (χ0n) is 9.02. The molecule has 0 unspecified atom stereocenters. The Hall–Kier alpha value is -0.870. The van der Waals surface area contributed by atoms with Crippen LogP contribution < -0.4 is 4.90 Å². The highest BCUT2D eigenvalue weighted by atomic mass is 35.5. The largest absolute Gasteiger partial charge is 0.396 e. The van der Waals surface area contributed by atoms with Crippen molar-refractivity contribution < 1.29 is 5.11 Å². The average molecular weight is 230 g/mol. The van der Waals surface area contributed by atoms with E-state index in [0.29, 0.717) is 23.4 Å². The lowest BCUT2D eigenvalue weighted by atomic mass is 10.3. The van der Waals surface area contributed by atoms with Crippen LogP contribution >= 0.6 is 11.6 Å². The Bertz CT molecular complexity index is 289. The van der Waals surface area contributed by atoms with Crippen LogP contribution in [0.3, 0.4) is 0 Å². The van der Waals surface area contributed by atoms with Crippen LogP contribution in [0.15, 0.2) is 12.4 Å². The number of nitrogens with zero attached hydrogens (tertiary/aromatic N) is 3. The molecular formula is C10H16ClN3O. The lowest BCUT2D eigenvalue weighted by Crippen LogP contribution is -2.33. The van der Waals surface area contributed by atoms with Gasteiger partial charge in [0.25, 0.3) is 0 Å². The van der Waals surface area contributed by atoms with Crippen molar-refractivity contribution in [3.8, 4) is 0 Å². The molecule has 1 N–H and O–H groups in total. The summed E-state index contributed by atoms with van der Waals surface area (Å²) in [7, 11) is 0. The van der Waals surface area contributed by atoms with Gasteiger partial charge in [0, 0.05) is 19.2 Å². The summed E-state index contributed by atoms with van der Waals surface area (Å²) in [6.07, 6.45) is 3.88. The molecular weight excluding hydrogens is 214 g/mol. The van der Waals surface area contributed by atoms with Gasteiger partial charge < -0.3 is 10.0 Å². The van der Waals surface area contributed by atoms with Crippen LogP contribution in [-0.4, -0.2) is 34.3 Å². The Morgan fingerprint density at radius 2 is 2.00 bits per heavy atom. The van der Waals surface area contributed by atoms with Crippen molar-refractivity contribution in [3.63, 3.8) is 0 Å². The molecule has 0 amide bonds. The first-order valence-corrected chi connectivity index (χ1v) is 5.38. The first-order chi connectivity index (χ1) is 7.15. The van der Waals surface area contributed by atoms with Crippen LogP contribution in [0.4, 0.5) is 5.95 Å². The highest BCUT2D eigenvalue weighted by molar-refractivity contribution is 6.30. The van der Waals surface area contributed by atoms with Crippen molar-refractivity contribution in [2.45, 2.75) is 26.3 Å². The number of anilines is 1. The number of aliphatic hydroxyl groups is 1. The lowest BCUT2D eigenvalue weighted by Gasteiger charge is -2.26. The molecule has 0 aliphatic rings. The van der Waals surface area contributed by atoms with Crippen LogP contribution in [0.1, 0.15) is 20.3 Å². The number of aliphatic hydroxyl groups excluding tert-OH is 1. The fourth-order valence-corrected chi connectivity index (χ4v) is 1.38. The van der Waals surface area contributed by atoms with Gasteiger partial charge in [0.2, 0.25) is 5.95 Å². The summed E-state index contributed by atoms with van der Waals surface area (Å²) >= 11 is 5.72. The molecule has 0 saturated carbocycles. The summed E-state index contributed by atoms with van der Waals surface area (Å²) in [5.41, 5.74) is 0. The first kappa shape index (κ1) is 12.2. The molecule has 0 fully saturated rings. The third-order valence-corrected chi connectivity index (χ3v) is 2.24. The van der Waals surface area contributed by atoms with Crippen LogP contribution in [0.2, 0.25) is 5.02 Å². The fraction of sp³-hybridized carbons (Fsp3) is 0.600. The van der Waals surface area contributed by atoms with Crippen molar-refractivity contribution in [2.24, 2.45) is 0 Å². The van der Waals surface area contributed by atoms with Gasteiger partial charge in [-0.3, -0.25) is 0 Å². The summed E-state index contributed by atoms with van der Waals surface area (Å²) < 4.78 is 0. The fourth-order valence-electron chi connectivity index (χ4n) is 1.28. The third-order valence-electron chi connectivity index (χ3n) is 2.04. The molecule has 1 rings (SSSR count). The second-order valence-electron chi connectivity index (χ2n) is 3.57. The highest BCUT2D eigenvalue weighted by Gasteiger charge is 2.12. The molecule has 84 valence electrons. The van der Waals surface area contributed by atoms with E-state index in [1.165, 1.54) is 0 Å². The maximum atomic E-state index is 8.80. The Balaban J connectivity index is 2.74. The zero-order chi connectivity index (χ0) is 11.3. The minimum Gasteiger partial charge on any atom is -0.396 e. The van der Waals surface area contributed by atoms with Gasteiger partial charge in [-0.1, -0.05) is 11.6 Å². The Morgan fingerprint density at radius 1 is 1.40 bits per heavy atom. The molecule has 0 bridgehead atoms. The van der Waals surface area contributed by atoms with E-state index in [2.05, 4.69) is 23.8 Å². The number of aromatic nitrogens is 2. The highest BCUT2D eigenvalue weighted by Crippen LogP contribution is 2.13. The molecule has 1 aromatic heterocycles. The van der Waals surface area contributed by atoms with E-state index in [1.54, 1.807) is 12.4 Å². The van der Waals surface area contributed by atoms with Crippen molar-refractivity contribution in [1.82, 2.24) is 9.97 Å². The van der Waals surface area contributed by atoms with Gasteiger partial charge >= 0.3 is 0 Å². The van der Waals surface area contributed by atoms with Gasteiger partial charge in [0.05, 0.1) is 17.4 Å². The van der Waals surface area contributed by atoms with Crippen LogP contribution in [0.25, 0.3) is 0 Å². The van der Waals surface area contributed by atoms with Gasteiger partial charge in [-0.25, -0.2) is 9.97 Å². The van der Waals surface area contributed by atoms with Crippen molar-refractivity contribution in [2.75, 3.05) is 18.1 Å². The van der Waals surface area contributed by atoms with Crippen molar-refractivity contribution in [1.29, 1.82) is 0 Å². The minimum absolute atomic E-state index is 0.177. The predicted molar refractivity (Wildman–Crippen MR) is 61.2 cm³/mol. The molecule has 0 saturated heterocycles. The van der Waals surface area contributed by atoms with E-state index in [1.807, 2.05) is 4.90 Å². The summed E-state index contributed by atoms with van der Waals surface area (Å²) in [6.45, 7) is 5.05. The van der Waals surface area contributed by atoms with Crippen LogP contribution in [0.5, 0.6) is 0 Å². The monoisotopic (exact) mass is 229 g/mol. The number of halogens is 1. The van der Waals surface area contributed by atoms with Gasteiger partial charge in [-0.2, -0.15) is 0 Å². The smallest absolute Gasteiger partial charge is 0.225 e. The molecule has 1 aromatic rings. The zero-order valence-corrected chi connectivity index (χ0v) is 9.78. The maximum Gasteiger partial charge on any atom is 0.225 e. The third kappa shape index (κ3) is 3.64. The van der Waals surface area contributed by atoms with E-state index in [9.17, 15) is 0 Å². The Morgan fingerprint density at radius 3 is 2.47 bits per heavy atom. The van der Waals surface area contributed by atoms with Crippen LogP contribution in [-0.2, 0) is 0 Å². The first-order valence-electron chi connectivity index (χ1n) is 5.00. The topological polar surface area (TPSA) is 49.2 Å². The quantitative estimate of drug-likeness (QED) is 0.836. The molecule has 0 radical (unpaired) electrons. The minimum atomic E-state index is 0.177. The van der Waals surface area contributed by atoms with Gasteiger partial charge in [-0.05, 0) is 20.3 Å². The Kier molecular flexibility index (Phi) is 4.78. The summed E-state index contributed by atoms with van der Waals surface area (Å²) in [4.78, 5) is 10.3. The van der Waals surface area contributed by atoms with E-state index >= 15 is 0 Å². The standard InChI is InChI=1S/C10H16ClN3O/c1-8(2)14(4-3-5-15)10-12-6-9(11)7-13-10/h6-8,15H,3-5H2,1-2H3. The van der Waals surface area contributed by atoms with E-state index in [4.69, 9.17) is 16.7 Å². The van der Waals surface area contributed by atoms with Gasteiger partial charge in [0.1, 0.15) is 0 Å². The predicted octanol–water partition coefficient (Wildman–Crippen LogP) is 1.73.